The van der Waals surface area contributed by atoms with Gasteiger partial charge in [0.2, 0.25) is 5.91 Å². The van der Waals surface area contributed by atoms with Gasteiger partial charge in [-0.2, -0.15) is 0 Å². The first kappa shape index (κ1) is 20.7. The lowest BCUT2D eigenvalue weighted by Crippen LogP contribution is -2.36. The van der Waals surface area contributed by atoms with E-state index in [0.717, 1.165) is 36.6 Å². The van der Waals surface area contributed by atoms with E-state index in [9.17, 15) is 18.4 Å². The van der Waals surface area contributed by atoms with E-state index in [1.807, 2.05) is 12.1 Å². The minimum atomic E-state index is -0.944. The van der Waals surface area contributed by atoms with Crippen molar-refractivity contribution >= 4 is 17.6 Å². The second-order valence-corrected chi connectivity index (χ2v) is 6.53. The van der Waals surface area contributed by atoms with Crippen molar-refractivity contribution in [1.82, 2.24) is 15.6 Å². The number of nitrogens with zero attached hydrogens (tertiary/aromatic N) is 2. The number of carbonyl (C=O) groups excluding carboxylic acids is 2. The molecular formula is C20H22F2N4O3. The van der Waals surface area contributed by atoms with Crippen molar-refractivity contribution in [2.45, 2.75) is 13.0 Å². The van der Waals surface area contributed by atoms with E-state index in [4.69, 9.17) is 4.74 Å². The van der Waals surface area contributed by atoms with E-state index in [0.29, 0.717) is 25.8 Å². The predicted octanol–water partition coefficient (Wildman–Crippen LogP) is 1.63. The summed E-state index contributed by atoms with van der Waals surface area (Å²) < 4.78 is 31.7. The van der Waals surface area contributed by atoms with Crippen molar-refractivity contribution in [1.29, 1.82) is 0 Å². The molecule has 3 rings (SSSR count). The first-order chi connectivity index (χ1) is 14.0. The number of halogens is 2. The van der Waals surface area contributed by atoms with Gasteiger partial charge in [0.1, 0.15) is 17.5 Å². The van der Waals surface area contributed by atoms with Crippen LogP contribution in [0.3, 0.4) is 0 Å². The van der Waals surface area contributed by atoms with Crippen LogP contribution in [-0.4, -0.2) is 49.6 Å². The van der Waals surface area contributed by atoms with Gasteiger partial charge in [-0.1, -0.05) is 6.07 Å². The molecular weight excluding hydrogens is 382 g/mol. The molecule has 0 atom stereocenters. The first-order valence-corrected chi connectivity index (χ1v) is 9.30. The molecule has 1 aliphatic heterocycles. The number of hydrogen-bond donors (Lipinski definition) is 2. The molecule has 0 spiro atoms. The van der Waals surface area contributed by atoms with Gasteiger partial charge in [0, 0.05) is 44.9 Å². The number of ether oxygens (including phenoxy) is 1. The van der Waals surface area contributed by atoms with E-state index >= 15 is 0 Å². The molecule has 9 heteroatoms. The second kappa shape index (κ2) is 9.92. The maximum Gasteiger partial charge on any atom is 0.254 e. The van der Waals surface area contributed by atoms with Gasteiger partial charge in [0.15, 0.2) is 0 Å². The molecule has 29 heavy (non-hydrogen) atoms. The maximum atomic E-state index is 13.5. The van der Waals surface area contributed by atoms with Gasteiger partial charge in [-0.05, 0) is 23.8 Å². The maximum absolute atomic E-state index is 13.5. The lowest BCUT2D eigenvalue weighted by molar-refractivity contribution is -0.121. The molecule has 2 aromatic rings. The van der Waals surface area contributed by atoms with Crippen molar-refractivity contribution in [3.05, 3.63) is 59.3 Å². The molecule has 0 unspecified atom stereocenters. The number of hydrogen-bond acceptors (Lipinski definition) is 5. The van der Waals surface area contributed by atoms with Crippen LogP contribution in [0.2, 0.25) is 0 Å². The molecule has 2 amide bonds. The highest BCUT2D eigenvalue weighted by atomic mass is 19.1. The summed E-state index contributed by atoms with van der Waals surface area (Å²) in [6, 6.07) is 6.51. The fourth-order valence-electron chi connectivity index (χ4n) is 2.85. The van der Waals surface area contributed by atoms with Crippen LogP contribution in [0.4, 0.5) is 14.6 Å². The van der Waals surface area contributed by atoms with E-state index in [1.54, 1.807) is 6.20 Å². The van der Waals surface area contributed by atoms with E-state index in [-0.39, 0.29) is 24.4 Å². The number of benzene rings is 1. The number of carbonyl (C=O) groups is 2. The number of rotatable bonds is 7. The molecule has 154 valence electrons. The average molecular weight is 404 g/mol. The molecule has 0 saturated carbocycles. The summed E-state index contributed by atoms with van der Waals surface area (Å²) in [7, 11) is 0. The Balaban J connectivity index is 1.39. The summed E-state index contributed by atoms with van der Waals surface area (Å²) in [5.74, 6) is -1.79. The van der Waals surface area contributed by atoms with Crippen molar-refractivity contribution in [3.63, 3.8) is 0 Å². The predicted molar refractivity (Wildman–Crippen MR) is 102 cm³/mol. The average Bonchev–Trinajstić information content (AvgIpc) is 2.73. The highest BCUT2D eigenvalue weighted by molar-refractivity contribution is 5.94. The molecule has 1 aromatic carbocycles. The fourth-order valence-corrected chi connectivity index (χ4v) is 2.85. The van der Waals surface area contributed by atoms with Gasteiger partial charge >= 0.3 is 0 Å². The summed E-state index contributed by atoms with van der Waals surface area (Å²) in [6.45, 7) is 3.33. The number of morpholine rings is 1. The van der Waals surface area contributed by atoms with Gasteiger partial charge in [-0.25, -0.2) is 13.8 Å². The molecule has 2 N–H and O–H groups in total. The van der Waals surface area contributed by atoms with Crippen molar-refractivity contribution in [2.24, 2.45) is 0 Å². The Morgan fingerprint density at radius 1 is 1.10 bits per heavy atom. The van der Waals surface area contributed by atoms with Crippen LogP contribution < -0.4 is 15.5 Å². The summed E-state index contributed by atoms with van der Waals surface area (Å²) in [5.41, 5.74) is 0.589. The standard InChI is InChI=1S/C20H22F2N4O3/c21-15-2-3-16(17(22)11-15)20(28)23-6-5-19(27)25-13-14-1-4-18(24-12-14)26-7-9-29-10-8-26/h1-4,11-12H,5-10,13H2,(H,23,28)(H,25,27). The van der Waals surface area contributed by atoms with E-state index in [1.165, 1.54) is 0 Å². The largest absolute Gasteiger partial charge is 0.378 e. The van der Waals surface area contributed by atoms with Crippen molar-refractivity contribution in [3.8, 4) is 0 Å². The number of nitrogens with one attached hydrogen (secondary N) is 2. The molecule has 2 heterocycles. The van der Waals surface area contributed by atoms with Gasteiger partial charge in [0.05, 0.1) is 18.8 Å². The summed E-state index contributed by atoms with van der Waals surface area (Å²) >= 11 is 0. The first-order valence-electron chi connectivity index (χ1n) is 9.30. The Bertz CT molecular complexity index is 855. The number of pyridine rings is 1. The van der Waals surface area contributed by atoms with Crippen LogP contribution in [-0.2, 0) is 16.1 Å². The van der Waals surface area contributed by atoms with Gasteiger partial charge < -0.3 is 20.3 Å². The van der Waals surface area contributed by atoms with Crippen LogP contribution in [0.5, 0.6) is 0 Å². The molecule has 1 aromatic heterocycles. The number of aromatic nitrogens is 1. The molecule has 7 nitrogen and oxygen atoms in total. The quantitative estimate of drug-likeness (QED) is 0.733. The monoisotopic (exact) mass is 404 g/mol. The SMILES string of the molecule is O=C(CCNC(=O)c1ccc(F)cc1F)NCc1ccc(N2CCOCC2)nc1. The number of amides is 2. The topological polar surface area (TPSA) is 83.6 Å². The molecule has 1 aliphatic rings. The molecule has 1 saturated heterocycles. The summed E-state index contributed by atoms with van der Waals surface area (Å²) in [6.07, 6.45) is 1.75. The zero-order valence-corrected chi connectivity index (χ0v) is 15.8. The third-order valence-corrected chi connectivity index (χ3v) is 4.45. The van der Waals surface area contributed by atoms with Crippen molar-refractivity contribution < 1.29 is 23.1 Å². The second-order valence-electron chi connectivity index (χ2n) is 6.53. The third kappa shape index (κ3) is 5.95. The lowest BCUT2D eigenvalue weighted by Gasteiger charge is -2.27. The van der Waals surface area contributed by atoms with Crippen LogP contribution in [0.15, 0.2) is 36.5 Å². The Morgan fingerprint density at radius 2 is 1.90 bits per heavy atom. The van der Waals surface area contributed by atoms with Crippen LogP contribution in [0, 0.1) is 11.6 Å². The zero-order chi connectivity index (χ0) is 20.6. The molecule has 1 fully saturated rings. The Hall–Kier alpha value is -3.07. The summed E-state index contributed by atoms with van der Waals surface area (Å²) in [5, 5.41) is 5.18. The lowest BCUT2D eigenvalue weighted by atomic mass is 10.2. The van der Waals surface area contributed by atoms with Gasteiger partial charge in [-0.3, -0.25) is 9.59 Å². The molecule has 0 radical (unpaired) electrons. The Kier molecular flexibility index (Phi) is 7.07. The van der Waals surface area contributed by atoms with Gasteiger partial charge in [-0.15, -0.1) is 0 Å². The highest BCUT2D eigenvalue weighted by Gasteiger charge is 2.13. The number of anilines is 1. The normalized spacial score (nSPS) is 13.8. The third-order valence-electron chi connectivity index (χ3n) is 4.45. The zero-order valence-electron chi connectivity index (χ0n) is 15.8. The van der Waals surface area contributed by atoms with Crippen LogP contribution in [0.25, 0.3) is 0 Å². The molecule has 0 bridgehead atoms. The van der Waals surface area contributed by atoms with Crippen LogP contribution >= 0.6 is 0 Å². The van der Waals surface area contributed by atoms with Gasteiger partial charge in [0.25, 0.3) is 5.91 Å². The summed E-state index contributed by atoms with van der Waals surface area (Å²) in [4.78, 5) is 30.4. The smallest absolute Gasteiger partial charge is 0.254 e. The fraction of sp³-hybridized carbons (Fsp3) is 0.350. The van der Waals surface area contributed by atoms with Crippen molar-refractivity contribution in [2.75, 3.05) is 37.7 Å². The molecule has 0 aliphatic carbocycles. The highest BCUT2D eigenvalue weighted by Crippen LogP contribution is 2.13. The Morgan fingerprint density at radius 3 is 2.59 bits per heavy atom. The minimum absolute atomic E-state index is 0.0356. The Labute approximate surface area is 167 Å². The van der Waals surface area contributed by atoms with E-state index < -0.39 is 17.5 Å². The van der Waals surface area contributed by atoms with E-state index in [2.05, 4.69) is 20.5 Å². The van der Waals surface area contributed by atoms with Crippen LogP contribution in [0.1, 0.15) is 22.3 Å². The minimum Gasteiger partial charge on any atom is -0.378 e.